The molecule has 1 aromatic carbocycles. The number of aromatic amines is 1. The summed E-state index contributed by atoms with van der Waals surface area (Å²) in [5.74, 6) is 0.562. The normalized spacial score (nSPS) is 12.8. The fourth-order valence-corrected chi connectivity index (χ4v) is 4.71. The third-order valence-corrected chi connectivity index (χ3v) is 6.46. The lowest BCUT2D eigenvalue weighted by Gasteiger charge is -2.10. The lowest BCUT2D eigenvalue weighted by molar-refractivity contribution is 0.738. The Morgan fingerprint density at radius 2 is 2.04 bits per heavy atom. The fourth-order valence-electron chi connectivity index (χ4n) is 3.29. The molecule has 2 aromatic heterocycles. The summed E-state index contributed by atoms with van der Waals surface area (Å²) in [6.07, 6.45) is 4.44. The molecule has 3 aromatic rings. The van der Waals surface area contributed by atoms with E-state index in [0.29, 0.717) is 5.92 Å². The number of para-hydroxylation sites is 1. The number of aromatic nitrogens is 1. The van der Waals surface area contributed by atoms with E-state index in [1.54, 1.807) is 11.3 Å². The van der Waals surface area contributed by atoms with Gasteiger partial charge >= 0.3 is 0 Å². The predicted octanol–water partition coefficient (Wildman–Crippen LogP) is 6.45. The number of nitrogens with one attached hydrogen (secondary N) is 1. The molecule has 128 valence electrons. The number of hydrogen-bond donors (Lipinski definition) is 2. The molecular weight excluding hydrogens is 380 g/mol. The van der Waals surface area contributed by atoms with Crippen molar-refractivity contribution >= 4 is 38.2 Å². The smallest absolute Gasteiger partial charge is 0.0705 e. The van der Waals surface area contributed by atoms with Crippen LogP contribution in [-0.4, -0.2) is 11.5 Å². The van der Waals surface area contributed by atoms with Gasteiger partial charge in [0.1, 0.15) is 0 Å². The SMILES string of the molecule is CCC(C)c1cccc2c(CCCCN)c(-c3ccc(Br)s3)[nH]c12. The van der Waals surface area contributed by atoms with Gasteiger partial charge in [0.25, 0.3) is 0 Å². The first kappa shape index (κ1) is 17.7. The van der Waals surface area contributed by atoms with Gasteiger partial charge in [-0.2, -0.15) is 0 Å². The van der Waals surface area contributed by atoms with Gasteiger partial charge in [-0.1, -0.05) is 32.0 Å². The van der Waals surface area contributed by atoms with E-state index >= 15 is 0 Å². The number of hydrogen-bond acceptors (Lipinski definition) is 2. The molecule has 0 aliphatic carbocycles. The molecule has 4 heteroatoms. The molecule has 0 spiro atoms. The average Bonchev–Trinajstić information content (AvgIpc) is 3.18. The van der Waals surface area contributed by atoms with Gasteiger partial charge in [0.15, 0.2) is 0 Å². The number of unbranched alkanes of at least 4 members (excludes halogenated alkanes) is 1. The van der Waals surface area contributed by atoms with E-state index in [1.165, 1.54) is 36.4 Å². The Morgan fingerprint density at radius 3 is 2.71 bits per heavy atom. The first-order valence-electron chi connectivity index (χ1n) is 8.75. The number of fused-ring (bicyclic) bond motifs is 1. The maximum absolute atomic E-state index is 5.70. The predicted molar refractivity (Wildman–Crippen MR) is 110 cm³/mol. The minimum Gasteiger partial charge on any atom is -0.353 e. The molecule has 3 N–H and O–H groups in total. The first-order valence-corrected chi connectivity index (χ1v) is 10.4. The van der Waals surface area contributed by atoms with Gasteiger partial charge in [0.2, 0.25) is 0 Å². The topological polar surface area (TPSA) is 41.8 Å². The first-order chi connectivity index (χ1) is 11.7. The Kier molecular flexibility index (Phi) is 5.80. The van der Waals surface area contributed by atoms with Crippen LogP contribution in [-0.2, 0) is 6.42 Å². The molecule has 2 nitrogen and oxygen atoms in total. The Bertz CT molecular complexity index is 818. The number of nitrogens with two attached hydrogens (primary N) is 1. The third kappa shape index (κ3) is 3.46. The van der Waals surface area contributed by atoms with Crippen LogP contribution in [0.2, 0.25) is 0 Å². The monoisotopic (exact) mass is 404 g/mol. The van der Waals surface area contributed by atoms with Gasteiger partial charge in [0, 0.05) is 10.9 Å². The summed E-state index contributed by atoms with van der Waals surface area (Å²) < 4.78 is 1.17. The van der Waals surface area contributed by atoms with Crippen LogP contribution in [0.5, 0.6) is 0 Å². The Hall–Kier alpha value is -1.10. The number of rotatable bonds is 7. The van der Waals surface area contributed by atoms with Crippen LogP contribution in [0, 0.1) is 0 Å². The summed E-state index contributed by atoms with van der Waals surface area (Å²) in [5.41, 5.74) is 11.2. The second kappa shape index (κ2) is 7.85. The summed E-state index contributed by atoms with van der Waals surface area (Å²) in [7, 11) is 0. The number of aryl methyl sites for hydroxylation is 1. The van der Waals surface area contributed by atoms with Crippen molar-refractivity contribution in [2.75, 3.05) is 6.54 Å². The maximum atomic E-state index is 5.70. The van der Waals surface area contributed by atoms with Crippen molar-refractivity contribution in [3.8, 4) is 10.6 Å². The summed E-state index contributed by atoms with van der Waals surface area (Å²) in [6, 6.07) is 11.1. The number of H-pyrrole nitrogens is 1. The molecule has 0 fully saturated rings. The van der Waals surface area contributed by atoms with Gasteiger partial charge in [-0.3, -0.25) is 0 Å². The second-order valence-electron chi connectivity index (χ2n) is 6.41. The Labute approximate surface area is 156 Å². The summed E-state index contributed by atoms with van der Waals surface area (Å²) in [4.78, 5) is 5.06. The van der Waals surface area contributed by atoms with Crippen molar-refractivity contribution in [2.45, 2.75) is 45.4 Å². The van der Waals surface area contributed by atoms with Gasteiger partial charge in [0.05, 0.1) is 14.4 Å². The largest absolute Gasteiger partial charge is 0.353 e. The quantitative estimate of drug-likeness (QED) is 0.436. The molecule has 0 saturated carbocycles. The molecule has 0 aliphatic rings. The van der Waals surface area contributed by atoms with Crippen molar-refractivity contribution in [1.82, 2.24) is 4.98 Å². The van der Waals surface area contributed by atoms with Crippen LogP contribution in [0.3, 0.4) is 0 Å². The van der Waals surface area contributed by atoms with Gasteiger partial charge < -0.3 is 10.7 Å². The molecular formula is C20H25BrN2S. The van der Waals surface area contributed by atoms with Crippen molar-refractivity contribution in [3.05, 3.63) is 45.2 Å². The second-order valence-corrected chi connectivity index (χ2v) is 8.87. The van der Waals surface area contributed by atoms with Crippen LogP contribution >= 0.6 is 27.3 Å². The van der Waals surface area contributed by atoms with E-state index < -0.39 is 0 Å². The molecule has 0 bridgehead atoms. The van der Waals surface area contributed by atoms with Crippen LogP contribution in [0.15, 0.2) is 34.1 Å². The molecule has 2 heterocycles. The van der Waals surface area contributed by atoms with E-state index in [1.807, 2.05) is 0 Å². The van der Waals surface area contributed by atoms with Crippen molar-refractivity contribution in [3.63, 3.8) is 0 Å². The third-order valence-electron chi connectivity index (χ3n) is 4.82. The van der Waals surface area contributed by atoms with Gasteiger partial charge in [-0.05, 0) is 77.3 Å². The molecule has 24 heavy (non-hydrogen) atoms. The molecule has 0 radical (unpaired) electrons. The van der Waals surface area contributed by atoms with E-state index in [0.717, 1.165) is 32.2 Å². The molecule has 3 rings (SSSR count). The number of benzene rings is 1. The van der Waals surface area contributed by atoms with Crippen LogP contribution in [0.1, 0.15) is 50.2 Å². The highest BCUT2D eigenvalue weighted by Gasteiger charge is 2.18. The zero-order chi connectivity index (χ0) is 17.1. The highest BCUT2D eigenvalue weighted by atomic mass is 79.9. The molecule has 0 saturated heterocycles. The Balaban J connectivity index is 2.15. The van der Waals surface area contributed by atoms with E-state index in [4.69, 9.17) is 5.73 Å². The van der Waals surface area contributed by atoms with Crippen molar-refractivity contribution < 1.29 is 0 Å². The van der Waals surface area contributed by atoms with Crippen LogP contribution in [0.25, 0.3) is 21.5 Å². The molecule has 0 amide bonds. The van der Waals surface area contributed by atoms with Gasteiger partial charge in [-0.25, -0.2) is 0 Å². The van der Waals surface area contributed by atoms with E-state index in [2.05, 4.69) is 65.1 Å². The molecule has 1 atom stereocenters. The Morgan fingerprint density at radius 1 is 1.21 bits per heavy atom. The summed E-state index contributed by atoms with van der Waals surface area (Å²) in [5, 5.41) is 1.38. The lowest BCUT2D eigenvalue weighted by atomic mass is 9.95. The summed E-state index contributed by atoms with van der Waals surface area (Å²) >= 11 is 5.39. The molecule has 1 unspecified atom stereocenters. The number of thiophene rings is 1. The zero-order valence-corrected chi connectivity index (χ0v) is 16.8. The minimum atomic E-state index is 0.562. The van der Waals surface area contributed by atoms with Crippen molar-refractivity contribution in [2.24, 2.45) is 5.73 Å². The van der Waals surface area contributed by atoms with Crippen LogP contribution in [0.4, 0.5) is 0 Å². The molecule has 0 aliphatic heterocycles. The minimum absolute atomic E-state index is 0.562. The highest BCUT2D eigenvalue weighted by molar-refractivity contribution is 9.11. The van der Waals surface area contributed by atoms with Crippen LogP contribution < -0.4 is 5.73 Å². The summed E-state index contributed by atoms with van der Waals surface area (Å²) in [6.45, 7) is 5.33. The van der Waals surface area contributed by atoms with Gasteiger partial charge in [-0.15, -0.1) is 11.3 Å². The lowest BCUT2D eigenvalue weighted by Crippen LogP contribution is -1.99. The van der Waals surface area contributed by atoms with E-state index in [9.17, 15) is 0 Å². The van der Waals surface area contributed by atoms with E-state index in [-0.39, 0.29) is 0 Å². The van der Waals surface area contributed by atoms with Crippen molar-refractivity contribution in [1.29, 1.82) is 0 Å². The maximum Gasteiger partial charge on any atom is 0.0705 e. The number of halogens is 1. The fraction of sp³-hybridized carbons (Fsp3) is 0.400. The average molecular weight is 405 g/mol. The zero-order valence-electron chi connectivity index (χ0n) is 14.4. The highest BCUT2D eigenvalue weighted by Crippen LogP contribution is 2.39. The standard InChI is InChI=1S/C20H25BrN2S/c1-3-13(2)14-8-6-9-15-16(7-4-5-12-22)20(23-19(14)15)17-10-11-18(21)24-17/h6,8-11,13,23H,3-5,7,12,22H2,1-2H3.